The van der Waals surface area contributed by atoms with Gasteiger partial charge in [-0.15, -0.1) is 11.3 Å². The summed E-state index contributed by atoms with van der Waals surface area (Å²) in [7, 11) is 1.75. The first-order chi connectivity index (χ1) is 10.6. The predicted molar refractivity (Wildman–Crippen MR) is 93.2 cm³/mol. The molecule has 1 heterocycles. The summed E-state index contributed by atoms with van der Waals surface area (Å²) in [6.07, 6.45) is 4.43. The van der Waals surface area contributed by atoms with Gasteiger partial charge in [-0.2, -0.15) is 0 Å². The van der Waals surface area contributed by atoms with Gasteiger partial charge in [-0.25, -0.2) is 4.98 Å². The molecule has 0 radical (unpaired) electrons. The molecule has 0 spiro atoms. The molecule has 116 valence electrons. The number of hydrogen-bond donors (Lipinski definition) is 0. The average molecular weight is 314 g/mol. The molecule has 3 rings (SSSR count). The molecule has 22 heavy (non-hydrogen) atoms. The molecule has 0 bridgehead atoms. The van der Waals surface area contributed by atoms with Gasteiger partial charge in [-0.3, -0.25) is 4.99 Å². The molecule has 1 atom stereocenters. The number of aliphatic imine (C=N–C) groups is 1. The second kappa shape index (κ2) is 6.31. The van der Waals surface area contributed by atoms with Crippen LogP contribution in [0.15, 0.2) is 28.7 Å². The molecule has 1 aliphatic rings. The van der Waals surface area contributed by atoms with Crippen LogP contribution < -0.4 is 0 Å². The Morgan fingerprint density at radius 3 is 2.77 bits per heavy atom. The van der Waals surface area contributed by atoms with Gasteiger partial charge >= 0.3 is 0 Å². The van der Waals surface area contributed by atoms with Crippen LogP contribution in [0.4, 0.5) is 5.69 Å². The number of thiazole rings is 1. The Morgan fingerprint density at radius 2 is 2.18 bits per heavy atom. The van der Waals surface area contributed by atoms with Crippen LogP contribution in [0.3, 0.4) is 0 Å². The highest BCUT2D eigenvalue weighted by molar-refractivity contribution is 7.13. The predicted octanol–water partition coefficient (Wildman–Crippen LogP) is 5.33. The lowest BCUT2D eigenvalue weighted by Crippen LogP contribution is -2.01. The van der Waals surface area contributed by atoms with Crippen molar-refractivity contribution in [2.45, 2.75) is 39.7 Å². The molecular formula is C18H22N2OS. The van der Waals surface area contributed by atoms with Crippen molar-refractivity contribution < 1.29 is 4.74 Å². The van der Waals surface area contributed by atoms with E-state index in [1.165, 1.54) is 29.7 Å². The zero-order valence-electron chi connectivity index (χ0n) is 13.6. The first-order valence-electron chi connectivity index (χ1n) is 7.73. The second-order valence-electron chi connectivity index (χ2n) is 5.92. The fourth-order valence-electron chi connectivity index (χ4n) is 2.68. The van der Waals surface area contributed by atoms with Gasteiger partial charge in [0.1, 0.15) is 5.01 Å². The summed E-state index contributed by atoms with van der Waals surface area (Å²) in [6, 6.07) is 4.28. The second-order valence-corrected chi connectivity index (χ2v) is 6.81. The Morgan fingerprint density at radius 1 is 1.41 bits per heavy atom. The third-order valence-corrected chi connectivity index (χ3v) is 5.18. The fourth-order valence-corrected chi connectivity index (χ4v) is 3.40. The fraction of sp³-hybridized carbons (Fsp3) is 0.444. The van der Waals surface area contributed by atoms with Crippen LogP contribution in [-0.2, 0) is 4.74 Å². The summed E-state index contributed by atoms with van der Waals surface area (Å²) in [5.74, 6) is 0.675. The molecule has 0 aliphatic heterocycles. The topological polar surface area (TPSA) is 34.5 Å². The van der Waals surface area contributed by atoms with Crippen molar-refractivity contribution in [3.63, 3.8) is 0 Å². The highest BCUT2D eigenvalue weighted by Gasteiger charge is 2.25. The zero-order valence-corrected chi connectivity index (χ0v) is 14.4. The number of benzene rings is 1. The third-order valence-electron chi connectivity index (χ3n) is 4.37. The lowest BCUT2D eigenvalue weighted by molar-refractivity contribution is 0.120. The smallest absolute Gasteiger partial charge is 0.123 e. The minimum absolute atomic E-state index is 0.0368. The Balaban J connectivity index is 2.12. The molecule has 2 aromatic rings. The van der Waals surface area contributed by atoms with Crippen LogP contribution in [0.2, 0.25) is 0 Å². The van der Waals surface area contributed by atoms with Crippen molar-refractivity contribution in [3.8, 4) is 10.6 Å². The van der Waals surface area contributed by atoms with Crippen LogP contribution in [0.25, 0.3) is 10.6 Å². The van der Waals surface area contributed by atoms with E-state index in [-0.39, 0.29) is 6.10 Å². The van der Waals surface area contributed by atoms with Crippen LogP contribution >= 0.6 is 11.3 Å². The molecule has 3 nitrogen and oxygen atoms in total. The Labute approximate surface area is 136 Å². The number of ether oxygens (including phenoxy) is 1. The van der Waals surface area contributed by atoms with Crippen molar-refractivity contribution in [2.24, 2.45) is 10.9 Å². The van der Waals surface area contributed by atoms with Gasteiger partial charge in [0.25, 0.3) is 0 Å². The summed E-state index contributed by atoms with van der Waals surface area (Å²) in [5, 5.41) is 3.06. The van der Waals surface area contributed by atoms with Gasteiger partial charge in [-0.1, -0.05) is 12.1 Å². The quantitative estimate of drug-likeness (QED) is 0.699. The summed E-state index contributed by atoms with van der Waals surface area (Å²) >= 11 is 1.67. The minimum atomic E-state index is 0.0368. The third kappa shape index (κ3) is 2.99. The Bertz CT molecular complexity index is 687. The maximum absolute atomic E-state index is 5.54. The van der Waals surface area contributed by atoms with E-state index in [1.807, 2.05) is 11.6 Å². The number of rotatable bonds is 5. The highest BCUT2D eigenvalue weighted by Crippen LogP contribution is 2.39. The van der Waals surface area contributed by atoms with Gasteiger partial charge in [0.15, 0.2) is 0 Å². The monoisotopic (exact) mass is 314 g/mol. The van der Waals surface area contributed by atoms with Crippen LogP contribution in [0, 0.1) is 12.8 Å². The van der Waals surface area contributed by atoms with E-state index in [0.717, 1.165) is 16.3 Å². The normalized spacial score (nSPS) is 16.8. The maximum atomic E-state index is 5.54. The zero-order chi connectivity index (χ0) is 15.7. The number of hydrogen-bond acceptors (Lipinski definition) is 4. The summed E-state index contributed by atoms with van der Waals surface area (Å²) in [6.45, 7) is 6.36. The minimum Gasteiger partial charge on any atom is -0.377 e. The van der Waals surface area contributed by atoms with E-state index in [1.54, 1.807) is 18.4 Å². The van der Waals surface area contributed by atoms with Crippen molar-refractivity contribution in [1.29, 1.82) is 0 Å². The molecule has 1 aromatic carbocycles. The molecule has 1 fully saturated rings. The van der Waals surface area contributed by atoms with Gasteiger partial charge < -0.3 is 4.74 Å². The van der Waals surface area contributed by atoms with E-state index >= 15 is 0 Å². The van der Waals surface area contributed by atoms with E-state index in [2.05, 4.69) is 37.9 Å². The molecule has 1 saturated carbocycles. The van der Waals surface area contributed by atoms with E-state index < -0.39 is 0 Å². The van der Waals surface area contributed by atoms with Gasteiger partial charge in [0.2, 0.25) is 0 Å². The van der Waals surface area contributed by atoms with Crippen molar-refractivity contribution in [2.75, 3.05) is 7.11 Å². The first-order valence-corrected chi connectivity index (χ1v) is 8.61. The van der Waals surface area contributed by atoms with Crippen molar-refractivity contribution in [1.82, 2.24) is 4.98 Å². The molecule has 1 aliphatic carbocycles. The number of aromatic nitrogens is 1. The van der Waals surface area contributed by atoms with Gasteiger partial charge in [0, 0.05) is 35.5 Å². The molecule has 1 unspecified atom stereocenters. The van der Waals surface area contributed by atoms with E-state index in [4.69, 9.17) is 9.73 Å². The lowest BCUT2D eigenvalue weighted by atomic mass is 9.99. The van der Waals surface area contributed by atoms with Crippen LogP contribution in [0.1, 0.15) is 43.9 Å². The first kappa shape index (κ1) is 15.4. The Kier molecular flexibility index (Phi) is 4.41. The lowest BCUT2D eigenvalue weighted by Gasteiger charge is -2.17. The van der Waals surface area contributed by atoms with E-state index in [0.29, 0.717) is 5.92 Å². The molecular weight excluding hydrogens is 292 g/mol. The average Bonchev–Trinajstić information content (AvgIpc) is 3.24. The summed E-state index contributed by atoms with van der Waals surface area (Å²) < 4.78 is 5.54. The van der Waals surface area contributed by atoms with Gasteiger partial charge in [0.05, 0.1) is 11.8 Å². The summed E-state index contributed by atoms with van der Waals surface area (Å²) in [4.78, 5) is 9.42. The number of nitrogens with zero attached hydrogens (tertiary/aromatic N) is 2. The van der Waals surface area contributed by atoms with Crippen LogP contribution in [-0.4, -0.2) is 17.8 Å². The van der Waals surface area contributed by atoms with Gasteiger partial charge in [-0.05, 0) is 45.1 Å². The van der Waals surface area contributed by atoms with Crippen LogP contribution in [0.5, 0.6) is 0 Å². The maximum Gasteiger partial charge on any atom is 0.123 e. The molecule has 0 N–H and O–H groups in total. The highest BCUT2D eigenvalue weighted by atomic mass is 32.1. The standard InChI is InChI=1S/C18H22N2OS/c1-11-15(18-19-9-10-22-18)7-8-16(13(3)21-4)17(11)20-12(2)14-5-6-14/h7-10,13-14H,5-6H2,1-4H3. The number of methoxy groups -OCH3 is 1. The molecule has 1 aromatic heterocycles. The molecule has 4 heteroatoms. The largest absolute Gasteiger partial charge is 0.377 e. The summed E-state index contributed by atoms with van der Waals surface area (Å²) in [5.41, 5.74) is 5.82. The van der Waals surface area contributed by atoms with Crippen molar-refractivity contribution in [3.05, 3.63) is 34.8 Å². The van der Waals surface area contributed by atoms with Crippen molar-refractivity contribution >= 4 is 22.7 Å². The Hall–Kier alpha value is -1.52. The SMILES string of the molecule is COC(C)c1ccc(-c2nccs2)c(C)c1N=C(C)C1CC1. The molecule has 0 saturated heterocycles. The van der Waals surface area contributed by atoms with E-state index in [9.17, 15) is 0 Å². The molecule has 0 amide bonds.